The third kappa shape index (κ3) is 3.25. The average Bonchev–Trinajstić information content (AvgIpc) is 3.11. The van der Waals surface area contributed by atoms with Crippen molar-refractivity contribution in [2.24, 2.45) is 0 Å². The molecule has 1 fully saturated rings. The van der Waals surface area contributed by atoms with Crippen molar-refractivity contribution in [3.8, 4) is 0 Å². The zero-order valence-corrected chi connectivity index (χ0v) is 17.9. The van der Waals surface area contributed by atoms with Crippen LogP contribution in [0.15, 0.2) is 91.0 Å². The molecule has 0 spiro atoms. The number of hydrogen-bond donors (Lipinski definition) is 0. The second kappa shape index (κ2) is 7.83. The van der Waals surface area contributed by atoms with E-state index < -0.39 is 0 Å². The van der Waals surface area contributed by atoms with Gasteiger partial charge in [-0.05, 0) is 63.6 Å². The zero-order valence-electron chi connectivity index (χ0n) is 17.9. The van der Waals surface area contributed by atoms with Gasteiger partial charge in [0.05, 0.1) is 6.04 Å². The molecule has 4 aromatic carbocycles. The van der Waals surface area contributed by atoms with Gasteiger partial charge in [0.25, 0.3) is 0 Å². The van der Waals surface area contributed by atoms with Crippen molar-refractivity contribution < 1.29 is 9.53 Å². The van der Waals surface area contributed by atoms with Crippen LogP contribution in [0, 0.1) is 0 Å². The van der Waals surface area contributed by atoms with Crippen molar-refractivity contribution >= 4 is 33.2 Å². The lowest BCUT2D eigenvalue weighted by molar-refractivity contribution is 0.0832. The fraction of sp³-hybridized carbons (Fsp3) is 0.207. The molecule has 3 heteroatoms. The van der Waals surface area contributed by atoms with Crippen molar-refractivity contribution in [2.75, 3.05) is 0 Å². The molecule has 0 aromatic heterocycles. The van der Waals surface area contributed by atoms with Crippen molar-refractivity contribution in [1.82, 2.24) is 4.90 Å². The van der Waals surface area contributed by atoms with Crippen LogP contribution >= 0.6 is 0 Å². The van der Waals surface area contributed by atoms with Gasteiger partial charge in [-0.25, -0.2) is 4.79 Å². The second-order valence-corrected chi connectivity index (χ2v) is 8.84. The molecule has 2 bridgehead atoms. The second-order valence-electron chi connectivity index (χ2n) is 8.84. The summed E-state index contributed by atoms with van der Waals surface area (Å²) in [4.78, 5) is 14.9. The third-order valence-electron chi connectivity index (χ3n) is 6.90. The summed E-state index contributed by atoms with van der Waals surface area (Å²) in [6, 6.07) is 29.7. The minimum absolute atomic E-state index is 0.102. The minimum Gasteiger partial charge on any atom is -0.445 e. The average molecular weight is 420 g/mol. The lowest BCUT2D eigenvalue weighted by Gasteiger charge is -2.34. The molecule has 2 unspecified atom stereocenters. The SMILES string of the molecule is O=C(OCc1ccccc1)N1C2C=C(c3c4ccccc4cc4ccccc34)CC1CC2. The lowest BCUT2D eigenvalue weighted by atomic mass is 9.87. The maximum atomic E-state index is 13.0. The normalized spacial score (nSPS) is 19.9. The van der Waals surface area contributed by atoms with Crippen molar-refractivity contribution in [3.05, 3.63) is 102 Å². The summed E-state index contributed by atoms with van der Waals surface area (Å²) in [5.74, 6) is 0. The molecular weight excluding hydrogens is 394 g/mol. The van der Waals surface area contributed by atoms with Gasteiger partial charge in [-0.15, -0.1) is 0 Å². The van der Waals surface area contributed by atoms with Crippen molar-refractivity contribution in [1.29, 1.82) is 0 Å². The van der Waals surface area contributed by atoms with E-state index in [4.69, 9.17) is 4.74 Å². The van der Waals surface area contributed by atoms with E-state index in [1.807, 2.05) is 35.2 Å². The molecule has 4 aromatic rings. The van der Waals surface area contributed by atoms with Gasteiger partial charge in [0, 0.05) is 6.04 Å². The summed E-state index contributed by atoms with van der Waals surface area (Å²) in [7, 11) is 0. The van der Waals surface area contributed by atoms with E-state index in [2.05, 4.69) is 60.7 Å². The standard InChI is InChI=1S/C29H25NO2/c31-29(32-19-20-8-2-1-3-9-20)30-24-14-15-25(30)18-23(17-24)28-26-12-6-4-10-21(26)16-22-11-5-7-13-27(22)28/h1-13,16-17,24-25H,14-15,18-19H2. The Morgan fingerprint density at radius 3 is 2.19 bits per heavy atom. The molecule has 1 amide bonds. The van der Waals surface area contributed by atoms with E-state index in [0.29, 0.717) is 6.61 Å². The van der Waals surface area contributed by atoms with Gasteiger partial charge in [-0.2, -0.15) is 0 Å². The molecule has 2 aliphatic rings. The van der Waals surface area contributed by atoms with Crippen LogP contribution in [-0.2, 0) is 11.3 Å². The first-order valence-electron chi connectivity index (χ1n) is 11.4. The predicted octanol–water partition coefficient (Wildman–Crippen LogP) is 6.95. The maximum absolute atomic E-state index is 13.0. The van der Waals surface area contributed by atoms with Crippen LogP contribution in [0.5, 0.6) is 0 Å². The Morgan fingerprint density at radius 2 is 1.50 bits per heavy atom. The summed E-state index contributed by atoms with van der Waals surface area (Å²) in [6.07, 6.45) is 5.01. The van der Waals surface area contributed by atoms with Crippen LogP contribution < -0.4 is 0 Å². The highest BCUT2D eigenvalue weighted by molar-refractivity contribution is 6.09. The maximum Gasteiger partial charge on any atom is 0.410 e. The molecule has 2 atom stereocenters. The number of nitrogens with zero attached hydrogens (tertiary/aromatic N) is 1. The Hall–Kier alpha value is -3.59. The van der Waals surface area contributed by atoms with E-state index in [9.17, 15) is 4.79 Å². The van der Waals surface area contributed by atoms with Crippen LogP contribution in [0.2, 0.25) is 0 Å². The number of ether oxygens (including phenoxy) is 1. The zero-order chi connectivity index (χ0) is 21.5. The number of carbonyl (C=O) groups excluding carboxylic acids is 1. The Kier molecular flexibility index (Phi) is 4.68. The molecular formula is C29H25NO2. The van der Waals surface area contributed by atoms with Crippen LogP contribution in [0.4, 0.5) is 4.79 Å². The first kappa shape index (κ1) is 19.1. The first-order valence-corrected chi connectivity index (χ1v) is 11.4. The Bertz CT molecular complexity index is 1290. The number of hydrogen-bond acceptors (Lipinski definition) is 2. The topological polar surface area (TPSA) is 29.5 Å². The van der Waals surface area contributed by atoms with Gasteiger partial charge in [0.15, 0.2) is 0 Å². The van der Waals surface area contributed by atoms with Crippen LogP contribution in [-0.4, -0.2) is 23.1 Å². The number of rotatable bonds is 3. The van der Waals surface area contributed by atoms with Crippen LogP contribution in [0.25, 0.3) is 27.1 Å². The van der Waals surface area contributed by atoms with Gasteiger partial charge >= 0.3 is 6.09 Å². The lowest BCUT2D eigenvalue weighted by Crippen LogP contribution is -2.43. The summed E-state index contributed by atoms with van der Waals surface area (Å²) in [5, 5.41) is 5.10. The molecule has 3 nitrogen and oxygen atoms in total. The molecule has 0 aliphatic carbocycles. The molecule has 0 N–H and O–H groups in total. The van der Waals surface area contributed by atoms with E-state index in [0.717, 1.165) is 24.8 Å². The van der Waals surface area contributed by atoms with E-state index >= 15 is 0 Å². The minimum atomic E-state index is -0.195. The highest BCUT2D eigenvalue weighted by Gasteiger charge is 2.41. The molecule has 2 heterocycles. The number of fused-ring (bicyclic) bond motifs is 4. The van der Waals surface area contributed by atoms with Gasteiger partial charge in [-0.3, -0.25) is 4.90 Å². The van der Waals surface area contributed by atoms with E-state index in [-0.39, 0.29) is 18.2 Å². The number of amides is 1. The summed E-state index contributed by atoms with van der Waals surface area (Å²) in [5.41, 5.74) is 3.70. The molecule has 0 saturated carbocycles. The first-order chi connectivity index (χ1) is 15.8. The molecule has 6 rings (SSSR count). The van der Waals surface area contributed by atoms with Crippen LogP contribution in [0.1, 0.15) is 30.4 Å². The molecule has 1 saturated heterocycles. The monoisotopic (exact) mass is 419 g/mol. The Balaban J connectivity index is 1.35. The Labute approximate surface area is 187 Å². The number of carbonyl (C=O) groups is 1. The smallest absolute Gasteiger partial charge is 0.410 e. The van der Waals surface area contributed by atoms with Crippen molar-refractivity contribution in [2.45, 2.75) is 38.0 Å². The molecule has 158 valence electrons. The van der Waals surface area contributed by atoms with Gasteiger partial charge < -0.3 is 4.74 Å². The van der Waals surface area contributed by atoms with Gasteiger partial charge in [-0.1, -0.05) is 84.9 Å². The highest BCUT2D eigenvalue weighted by Crippen LogP contribution is 2.43. The van der Waals surface area contributed by atoms with Crippen LogP contribution in [0.3, 0.4) is 0 Å². The third-order valence-corrected chi connectivity index (χ3v) is 6.90. The fourth-order valence-corrected chi connectivity index (χ4v) is 5.45. The van der Waals surface area contributed by atoms with Gasteiger partial charge in [0.2, 0.25) is 0 Å². The largest absolute Gasteiger partial charge is 0.445 e. The predicted molar refractivity (Wildman–Crippen MR) is 129 cm³/mol. The number of benzene rings is 4. The fourth-order valence-electron chi connectivity index (χ4n) is 5.45. The summed E-state index contributed by atoms with van der Waals surface area (Å²) in [6.45, 7) is 0.320. The van der Waals surface area contributed by atoms with Gasteiger partial charge in [0.1, 0.15) is 6.61 Å². The van der Waals surface area contributed by atoms with E-state index in [1.165, 1.54) is 32.7 Å². The summed E-state index contributed by atoms with van der Waals surface area (Å²) < 4.78 is 5.69. The molecule has 2 aliphatic heterocycles. The highest BCUT2D eigenvalue weighted by atomic mass is 16.6. The van der Waals surface area contributed by atoms with E-state index in [1.54, 1.807) is 0 Å². The quantitative estimate of drug-likeness (QED) is 0.336. The molecule has 0 radical (unpaired) electrons. The van der Waals surface area contributed by atoms with Crippen molar-refractivity contribution in [3.63, 3.8) is 0 Å². The Morgan fingerprint density at radius 1 is 0.844 bits per heavy atom. The molecule has 32 heavy (non-hydrogen) atoms. The summed E-state index contributed by atoms with van der Waals surface area (Å²) >= 11 is 0.